The van der Waals surface area contributed by atoms with E-state index in [0.29, 0.717) is 5.56 Å². The topological polar surface area (TPSA) is 26.3 Å². The van der Waals surface area contributed by atoms with Crippen LogP contribution in [0.2, 0.25) is 0 Å². The monoisotopic (exact) mass is 332 g/mol. The smallest absolute Gasteiger partial charge is 0.337 e. The van der Waals surface area contributed by atoms with Gasteiger partial charge in [-0.25, -0.2) is 4.79 Å². The Morgan fingerprint density at radius 3 is 2.48 bits per heavy atom. The summed E-state index contributed by atoms with van der Waals surface area (Å²) in [6, 6.07) is 12.9. The lowest BCUT2D eigenvalue weighted by molar-refractivity contribution is 0.0600. The number of hydrogen-bond acceptors (Lipinski definition) is 2. The van der Waals surface area contributed by atoms with Crippen molar-refractivity contribution in [1.29, 1.82) is 0 Å². The van der Waals surface area contributed by atoms with Gasteiger partial charge in [0.05, 0.1) is 12.7 Å². The molecular formula is C23H24O2. The van der Waals surface area contributed by atoms with Crippen molar-refractivity contribution in [2.45, 2.75) is 45.4 Å². The Morgan fingerprint density at radius 2 is 1.80 bits per heavy atom. The summed E-state index contributed by atoms with van der Waals surface area (Å²) in [6.07, 6.45) is 4.76. The molecule has 0 unspecified atom stereocenters. The third-order valence-corrected chi connectivity index (χ3v) is 5.56. The third-order valence-electron chi connectivity index (χ3n) is 5.56. The molecule has 2 aliphatic carbocycles. The van der Waals surface area contributed by atoms with E-state index in [1.807, 2.05) is 12.1 Å². The van der Waals surface area contributed by atoms with Crippen molar-refractivity contribution >= 4 is 11.5 Å². The Bertz CT molecular complexity index is 885. The van der Waals surface area contributed by atoms with E-state index < -0.39 is 0 Å². The number of esters is 1. The second kappa shape index (κ2) is 6.18. The van der Waals surface area contributed by atoms with Gasteiger partial charge in [-0.1, -0.05) is 29.8 Å². The van der Waals surface area contributed by atoms with E-state index in [2.05, 4.69) is 38.1 Å². The summed E-state index contributed by atoms with van der Waals surface area (Å²) < 4.78 is 4.91. The molecule has 4 rings (SSSR count). The molecule has 2 aliphatic rings. The fourth-order valence-corrected chi connectivity index (χ4v) is 3.96. The van der Waals surface area contributed by atoms with Gasteiger partial charge in [0, 0.05) is 0 Å². The zero-order chi connectivity index (χ0) is 17.6. The van der Waals surface area contributed by atoms with E-state index in [4.69, 9.17) is 4.74 Å². The van der Waals surface area contributed by atoms with Gasteiger partial charge >= 0.3 is 5.97 Å². The van der Waals surface area contributed by atoms with E-state index in [1.54, 1.807) is 0 Å². The molecule has 0 saturated heterocycles. The molecule has 0 N–H and O–H groups in total. The highest BCUT2D eigenvalue weighted by Crippen LogP contribution is 2.43. The van der Waals surface area contributed by atoms with Crippen molar-refractivity contribution in [3.05, 3.63) is 75.4 Å². The molecule has 0 radical (unpaired) electrons. The first-order chi connectivity index (χ1) is 12.1. The lowest BCUT2D eigenvalue weighted by Gasteiger charge is -2.24. The van der Waals surface area contributed by atoms with Crippen LogP contribution in [0.5, 0.6) is 0 Å². The first-order valence-corrected chi connectivity index (χ1v) is 9.10. The zero-order valence-corrected chi connectivity index (χ0v) is 15.2. The summed E-state index contributed by atoms with van der Waals surface area (Å²) >= 11 is 0. The minimum atomic E-state index is -0.272. The van der Waals surface area contributed by atoms with Crippen LogP contribution in [0, 0.1) is 6.92 Å². The van der Waals surface area contributed by atoms with Gasteiger partial charge in [-0.15, -0.1) is 0 Å². The van der Waals surface area contributed by atoms with Crippen LogP contribution in [0.3, 0.4) is 0 Å². The number of carbonyl (C=O) groups is 1. The molecule has 25 heavy (non-hydrogen) atoms. The van der Waals surface area contributed by atoms with Crippen LogP contribution in [-0.2, 0) is 11.2 Å². The van der Waals surface area contributed by atoms with Gasteiger partial charge in [0.25, 0.3) is 0 Å². The van der Waals surface area contributed by atoms with E-state index in [9.17, 15) is 4.79 Å². The Hall–Kier alpha value is -2.35. The molecule has 2 aromatic carbocycles. The van der Waals surface area contributed by atoms with Crippen LogP contribution >= 0.6 is 0 Å². The fourth-order valence-electron chi connectivity index (χ4n) is 3.96. The van der Waals surface area contributed by atoms with E-state index in [-0.39, 0.29) is 5.97 Å². The fraction of sp³-hybridized carbons (Fsp3) is 0.348. The summed E-state index contributed by atoms with van der Waals surface area (Å²) in [5, 5.41) is 0. The van der Waals surface area contributed by atoms with E-state index >= 15 is 0 Å². The van der Waals surface area contributed by atoms with E-state index in [0.717, 1.165) is 18.8 Å². The van der Waals surface area contributed by atoms with E-state index in [1.165, 1.54) is 58.9 Å². The number of benzene rings is 2. The number of aryl methyl sites for hydroxylation is 2. The highest BCUT2D eigenvalue weighted by molar-refractivity contribution is 5.93. The predicted octanol–water partition coefficient (Wildman–Crippen LogP) is 5.43. The maximum absolute atomic E-state index is 12.0. The van der Waals surface area contributed by atoms with Crippen molar-refractivity contribution in [1.82, 2.24) is 0 Å². The van der Waals surface area contributed by atoms with Crippen LogP contribution in [0.15, 0.2) is 42.0 Å². The van der Waals surface area contributed by atoms with Gasteiger partial charge in [0.1, 0.15) is 0 Å². The van der Waals surface area contributed by atoms with Crippen molar-refractivity contribution in [3.63, 3.8) is 0 Å². The number of carbonyl (C=O) groups excluding carboxylic acids is 1. The maximum atomic E-state index is 12.0. The van der Waals surface area contributed by atoms with Crippen molar-refractivity contribution in [2.24, 2.45) is 0 Å². The normalized spacial score (nSPS) is 16.6. The highest BCUT2D eigenvalue weighted by Gasteiger charge is 2.25. The second-order valence-corrected chi connectivity index (χ2v) is 7.37. The molecule has 1 saturated carbocycles. The SMILES string of the molecule is COC(=O)c1ccc2c(c1)C(c1ccc(C3CC3)cc1C)=C(C)CC2. The lowest BCUT2D eigenvalue weighted by Crippen LogP contribution is -2.09. The van der Waals surface area contributed by atoms with Crippen LogP contribution < -0.4 is 0 Å². The zero-order valence-electron chi connectivity index (χ0n) is 15.2. The van der Waals surface area contributed by atoms with Gasteiger partial charge in [-0.2, -0.15) is 0 Å². The summed E-state index contributed by atoms with van der Waals surface area (Å²) in [5.74, 6) is 0.499. The maximum Gasteiger partial charge on any atom is 0.337 e. The molecular weight excluding hydrogens is 308 g/mol. The minimum Gasteiger partial charge on any atom is -0.465 e. The molecule has 0 amide bonds. The summed E-state index contributed by atoms with van der Waals surface area (Å²) in [5.41, 5.74) is 9.93. The molecule has 0 spiro atoms. The van der Waals surface area contributed by atoms with Crippen molar-refractivity contribution in [2.75, 3.05) is 7.11 Å². The van der Waals surface area contributed by atoms with Gasteiger partial charge in [0.15, 0.2) is 0 Å². The van der Waals surface area contributed by atoms with Gasteiger partial charge in [-0.05, 0) is 91.0 Å². The average Bonchev–Trinajstić information content (AvgIpc) is 3.46. The van der Waals surface area contributed by atoms with Gasteiger partial charge in [-0.3, -0.25) is 0 Å². The van der Waals surface area contributed by atoms with Crippen LogP contribution in [0.25, 0.3) is 5.57 Å². The summed E-state index contributed by atoms with van der Waals surface area (Å²) in [4.78, 5) is 12.0. The molecule has 1 fully saturated rings. The van der Waals surface area contributed by atoms with Crippen LogP contribution in [0.4, 0.5) is 0 Å². The van der Waals surface area contributed by atoms with Crippen LogP contribution in [-0.4, -0.2) is 13.1 Å². The molecule has 2 heteroatoms. The lowest BCUT2D eigenvalue weighted by atomic mass is 9.80. The van der Waals surface area contributed by atoms with Crippen molar-refractivity contribution in [3.8, 4) is 0 Å². The Balaban J connectivity index is 1.83. The standard InChI is InChI=1S/C23H24O2/c1-14-4-5-17-8-9-19(23(24)25-3)13-21(17)22(14)20-11-10-18(12-15(20)2)16-6-7-16/h8-13,16H,4-7H2,1-3H3. The van der Waals surface area contributed by atoms with Gasteiger partial charge in [0.2, 0.25) is 0 Å². The molecule has 0 aliphatic heterocycles. The molecule has 0 aromatic heterocycles. The predicted molar refractivity (Wildman–Crippen MR) is 101 cm³/mol. The van der Waals surface area contributed by atoms with Crippen molar-refractivity contribution < 1.29 is 9.53 Å². The summed E-state index contributed by atoms with van der Waals surface area (Å²) in [7, 11) is 1.44. The van der Waals surface area contributed by atoms with Crippen LogP contribution in [0.1, 0.15) is 70.3 Å². The van der Waals surface area contributed by atoms with Gasteiger partial charge < -0.3 is 4.74 Å². The number of methoxy groups -OCH3 is 1. The number of allylic oxidation sites excluding steroid dienone is 1. The first-order valence-electron chi connectivity index (χ1n) is 9.10. The number of ether oxygens (including phenoxy) is 1. The first kappa shape index (κ1) is 16.1. The minimum absolute atomic E-state index is 0.272. The Morgan fingerprint density at radius 1 is 1.00 bits per heavy atom. The molecule has 128 valence electrons. The molecule has 2 aromatic rings. The molecule has 2 nitrogen and oxygen atoms in total. The Labute approximate surface area is 149 Å². The molecule has 0 atom stereocenters. The third kappa shape index (κ3) is 2.90. The molecule has 0 heterocycles. The number of rotatable bonds is 3. The highest BCUT2D eigenvalue weighted by atomic mass is 16.5. The Kier molecular flexibility index (Phi) is 3.99. The number of fused-ring (bicyclic) bond motifs is 1. The quantitative estimate of drug-likeness (QED) is 0.701. The summed E-state index contributed by atoms with van der Waals surface area (Å²) in [6.45, 7) is 4.43. The second-order valence-electron chi connectivity index (χ2n) is 7.37. The number of hydrogen-bond donors (Lipinski definition) is 0. The molecule has 0 bridgehead atoms. The largest absolute Gasteiger partial charge is 0.465 e. The average molecular weight is 332 g/mol.